The van der Waals surface area contributed by atoms with Crippen molar-refractivity contribution < 1.29 is 27.3 Å². The Bertz CT molecular complexity index is 1170. The van der Waals surface area contributed by atoms with E-state index in [1.165, 1.54) is 48.2 Å². The summed E-state index contributed by atoms with van der Waals surface area (Å²) in [6.45, 7) is 4.33. The summed E-state index contributed by atoms with van der Waals surface area (Å²) in [6.07, 6.45) is 0.885. The van der Waals surface area contributed by atoms with Gasteiger partial charge in [-0.3, -0.25) is 24.0 Å². The minimum absolute atomic E-state index is 0.0163. The van der Waals surface area contributed by atoms with Crippen LogP contribution in [0.2, 0.25) is 0 Å². The number of nitrogens with one attached hydrogen (secondary N) is 1. The SMILES string of the molecule is CCNC(=O)C(C)N(Cc1ccc(F)cc1)C(=O)CN(c1cc([N+](=O)[O-])ccc1C)S(C)(=O)=O. The molecule has 2 rings (SSSR count). The molecule has 1 atom stereocenters. The fourth-order valence-corrected chi connectivity index (χ4v) is 4.16. The maximum atomic E-state index is 13.4. The summed E-state index contributed by atoms with van der Waals surface area (Å²) >= 11 is 0. The smallest absolute Gasteiger partial charge is 0.271 e. The van der Waals surface area contributed by atoms with Crippen molar-refractivity contribution in [3.8, 4) is 0 Å². The van der Waals surface area contributed by atoms with Crippen molar-refractivity contribution in [3.63, 3.8) is 0 Å². The second-order valence-electron chi connectivity index (χ2n) is 7.72. The van der Waals surface area contributed by atoms with E-state index in [0.717, 1.165) is 16.6 Å². The summed E-state index contributed by atoms with van der Waals surface area (Å²) in [5.41, 5.74) is 0.590. The molecular formula is C22H27FN4O6S. The van der Waals surface area contributed by atoms with Gasteiger partial charge in [0.05, 0.1) is 16.9 Å². The number of hydrogen-bond donors (Lipinski definition) is 1. The van der Waals surface area contributed by atoms with Crippen molar-refractivity contribution in [2.45, 2.75) is 33.4 Å². The lowest BCUT2D eigenvalue weighted by atomic mass is 10.1. The Morgan fingerprint density at radius 3 is 2.32 bits per heavy atom. The first-order valence-electron chi connectivity index (χ1n) is 10.4. The second kappa shape index (κ2) is 11.1. The number of likely N-dealkylation sites (N-methyl/N-ethyl adjacent to an activating group) is 1. The van der Waals surface area contributed by atoms with Gasteiger partial charge in [-0.15, -0.1) is 0 Å². The number of non-ortho nitro benzene ring substituents is 1. The van der Waals surface area contributed by atoms with Crippen molar-refractivity contribution in [2.75, 3.05) is 23.7 Å². The van der Waals surface area contributed by atoms with E-state index in [1.807, 2.05) is 0 Å². The Labute approximate surface area is 197 Å². The van der Waals surface area contributed by atoms with Gasteiger partial charge in [-0.2, -0.15) is 0 Å². The molecule has 1 unspecified atom stereocenters. The first-order chi connectivity index (χ1) is 15.8. The second-order valence-corrected chi connectivity index (χ2v) is 9.62. The van der Waals surface area contributed by atoms with E-state index >= 15 is 0 Å². The zero-order chi connectivity index (χ0) is 25.6. The molecule has 2 amide bonds. The summed E-state index contributed by atoms with van der Waals surface area (Å²) in [6, 6.07) is 8.08. The van der Waals surface area contributed by atoms with E-state index in [2.05, 4.69) is 5.32 Å². The normalized spacial score (nSPS) is 12.0. The topological polar surface area (TPSA) is 130 Å². The first kappa shape index (κ1) is 26.7. The quantitative estimate of drug-likeness (QED) is 0.399. The fourth-order valence-electron chi connectivity index (χ4n) is 3.27. The van der Waals surface area contributed by atoms with Gasteiger partial charge in [0.2, 0.25) is 21.8 Å². The van der Waals surface area contributed by atoms with Gasteiger partial charge in [-0.05, 0) is 44.0 Å². The van der Waals surface area contributed by atoms with Crippen LogP contribution in [0.5, 0.6) is 0 Å². The number of rotatable bonds is 10. The molecule has 0 saturated heterocycles. The van der Waals surface area contributed by atoms with Gasteiger partial charge in [-0.1, -0.05) is 18.2 Å². The Morgan fingerprint density at radius 2 is 1.79 bits per heavy atom. The van der Waals surface area contributed by atoms with Crippen LogP contribution >= 0.6 is 0 Å². The molecule has 12 heteroatoms. The molecule has 0 aliphatic heterocycles. The van der Waals surface area contributed by atoms with Gasteiger partial charge in [0.15, 0.2) is 0 Å². The van der Waals surface area contributed by atoms with E-state index in [9.17, 15) is 32.5 Å². The van der Waals surface area contributed by atoms with Gasteiger partial charge >= 0.3 is 0 Å². The molecular weight excluding hydrogens is 467 g/mol. The molecule has 0 heterocycles. The lowest BCUT2D eigenvalue weighted by Crippen LogP contribution is -2.51. The minimum Gasteiger partial charge on any atom is -0.355 e. The van der Waals surface area contributed by atoms with E-state index < -0.39 is 45.2 Å². The van der Waals surface area contributed by atoms with E-state index in [-0.39, 0.29) is 17.9 Å². The standard InChI is InChI=1S/C22H27FN4O6S/c1-5-24-22(29)16(3)25(13-17-7-9-18(23)10-8-17)21(28)14-26(34(4,32)33)20-12-19(27(30)31)11-6-15(20)2/h6-12,16H,5,13-14H2,1-4H3,(H,24,29). The molecule has 184 valence electrons. The number of nitrogens with zero attached hydrogens (tertiary/aromatic N) is 3. The van der Waals surface area contributed by atoms with Crippen LogP contribution in [0, 0.1) is 22.9 Å². The summed E-state index contributed by atoms with van der Waals surface area (Å²) in [5, 5.41) is 13.8. The highest BCUT2D eigenvalue weighted by molar-refractivity contribution is 7.92. The third kappa shape index (κ3) is 6.73. The third-order valence-corrected chi connectivity index (χ3v) is 6.26. The van der Waals surface area contributed by atoms with Crippen molar-refractivity contribution in [1.29, 1.82) is 0 Å². The van der Waals surface area contributed by atoms with Crippen LogP contribution in [0.25, 0.3) is 0 Å². The maximum absolute atomic E-state index is 13.4. The number of carbonyl (C=O) groups is 2. The average molecular weight is 495 g/mol. The largest absolute Gasteiger partial charge is 0.355 e. The Morgan fingerprint density at radius 1 is 1.18 bits per heavy atom. The molecule has 10 nitrogen and oxygen atoms in total. The highest BCUT2D eigenvalue weighted by atomic mass is 32.2. The molecule has 0 spiro atoms. The highest BCUT2D eigenvalue weighted by Crippen LogP contribution is 2.28. The Balaban J connectivity index is 2.46. The number of hydrogen-bond acceptors (Lipinski definition) is 6. The molecule has 34 heavy (non-hydrogen) atoms. The number of anilines is 1. The number of sulfonamides is 1. The summed E-state index contributed by atoms with van der Waals surface area (Å²) in [7, 11) is -4.03. The first-order valence-corrected chi connectivity index (χ1v) is 12.2. The number of aryl methyl sites for hydroxylation is 1. The van der Waals surface area contributed by atoms with Crippen molar-refractivity contribution in [1.82, 2.24) is 10.2 Å². The van der Waals surface area contributed by atoms with Gasteiger partial charge in [0.1, 0.15) is 18.4 Å². The molecule has 0 aromatic heterocycles. The Kier molecular flexibility index (Phi) is 8.68. The highest BCUT2D eigenvalue weighted by Gasteiger charge is 2.31. The van der Waals surface area contributed by atoms with Crippen molar-refractivity contribution >= 4 is 33.2 Å². The van der Waals surface area contributed by atoms with Crippen molar-refractivity contribution in [2.24, 2.45) is 0 Å². The zero-order valence-corrected chi connectivity index (χ0v) is 20.1. The van der Waals surface area contributed by atoms with E-state index in [0.29, 0.717) is 17.7 Å². The monoisotopic (exact) mass is 494 g/mol. The third-order valence-electron chi connectivity index (χ3n) is 5.14. The molecule has 1 N–H and O–H groups in total. The van der Waals surface area contributed by atoms with Crippen LogP contribution in [-0.2, 0) is 26.2 Å². The van der Waals surface area contributed by atoms with Crippen LogP contribution in [-0.4, -0.2) is 55.4 Å². The molecule has 0 bridgehead atoms. The predicted octanol–water partition coefficient (Wildman–Crippen LogP) is 2.36. The van der Waals surface area contributed by atoms with Crippen LogP contribution < -0.4 is 9.62 Å². The van der Waals surface area contributed by atoms with Gasteiger partial charge < -0.3 is 10.2 Å². The molecule has 0 radical (unpaired) electrons. The van der Waals surface area contributed by atoms with Gasteiger partial charge in [0, 0.05) is 25.2 Å². The molecule has 0 aliphatic carbocycles. The lowest BCUT2D eigenvalue weighted by Gasteiger charge is -2.31. The average Bonchev–Trinajstić information content (AvgIpc) is 2.76. The zero-order valence-electron chi connectivity index (χ0n) is 19.3. The summed E-state index contributed by atoms with van der Waals surface area (Å²) in [5.74, 6) is -1.63. The number of carbonyl (C=O) groups excluding carboxylic acids is 2. The van der Waals surface area contributed by atoms with Gasteiger partial charge in [-0.25, -0.2) is 12.8 Å². The van der Waals surface area contributed by atoms with Crippen LogP contribution in [0.3, 0.4) is 0 Å². The molecule has 0 fully saturated rings. The fraction of sp³-hybridized carbons (Fsp3) is 0.364. The number of amides is 2. The van der Waals surface area contributed by atoms with Gasteiger partial charge in [0.25, 0.3) is 5.69 Å². The number of halogens is 1. The van der Waals surface area contributed by atoms with Crippen LogP contribution in [0.4, 0.5) is 15.8 Å². The minimum atomic E-state index is -4.03. The molecule has 0 saturated carbocycles. The Hall–Kier alpha value is -3.54. The predicted molar refractivity (Wildman–Crippen MR) is 125 cm³/mol. The number of nitro benzene ring substituents is 1. The lowest BCUT2D eigenvalue weighted by molar-refractivity contribution is -0.384. The molecule has 2 aromatic carbocycles. The maximum Gasteiger partial charge on any atom is 0.271 e. The van der Waals surface area contributed by atoms with Crippen molar-refractivity contribution in [3.05, 3.63) is 69.5 Å². The molecule has 0 aliphatic rings. The van der Waals surface area contributed by atoms with Crippen LogP contribution in [0.1, 0.15) is 25.0 Å². The molecule has 2 aromatic rings. The summed E-state index contributed by atoms with van der Waals surface area (Å²) in [4.78, 5) is 37.6. The van der Waals surface area contributed by atoms with Crippen LogP contribution in [0.15, 0.2) is 42.5 Å². The summed E-state index contributed by atoms with van der Waals surface area (Å²) < 4.78 is 39.3. The van der Waals surface area contributed by atoms with E-state index in [4.69, 9.17) is 0 Å². The number of nitro groups is 1. The number of benzene rings is 2. The van der Waals surface area contributed by atoms with E-state index in [1.54, 1.807) is 13.8 Å².